The molecule has 2 aromatic carbocycles. The van der Waals surface area contributed by atoms with Gasteiger partial charge in [0.1, 0.15) is 11.4 Å². The lowest BCUT2D eigenvalue weighted by Crippen LogP contribution is -2.57. The summed E-state index contributed by atoms with van der Waals surface area (Å²) in [5.41, 5.74) is 0.988. The van der Waals surface area contributed by atoms with Gasteiger partial charge in [-0.25, -0.2) is 4.39 Å². The summed E-state index contributed by atoms with van der Waals surface area (Å²) < 4.78 is 18.9. The van der Waals surface area contributed by atoms with Crippen molar-refractivity contribution in [2.75, 3.05) is 26.3 Å². The van der Waals surface area contributed by atoms with E-state index in [0.29, 0.717) is 32.5 Å². The maximum Gasteiger partial charge on any atom is 0.227 e. The predicted octanol–water partition coefficient (Wildman–Crippen LogP) is 2.20. The van der Waals surface area contributed by atoms with Gasteiger partial charge in [0.05, 0.1) is 26.2 Å². The van der Waals surface area contributed by atoms with E-state index in [1.165, 1.54) is 12.1 Å². The molecule has 0 aliphatic carbocycles. The fourth-order valence-corrected chi connectivity index (χ4v) is 3.17. The van der Waals surface area contributed by atoms with Crippen LogP contribution in [0.15, 0.2) is 54.6 Å². The van der Waals surface area contributed by atoms with E-state index in [4.69, 9.17) is 4.74 Å². The molecule has 0 aromatic heterocycles. The number of nitrogens with zero attached hydrogens (tertiary/aromatic N) is 1. The zero-order valence-corrected chi connectivity index (χ0v) is 14.0. The number of hydrogen-bond donors (Lipinski definition) is 1. The molecule has 0 saturated carbocycles. The standard InChI is InChI=1S/C20H22FNO3/c21-18-8-6-17(7-9-18)13-20(15-23)14-22(10-11-25-20)19(24)12-16-4-2-1-3-5-16/h1-9,23H,10-15H2/t20-/m0/s1. The minimum absolute atomic E-state index is 0.0198. The van der Waals surface area contributed by atoms with Crippen molar-refractivity contribution in [2.24, 2.45) is 0 Å². The van der Waals surface area contributed by atoms with Crippen LogP contribution in [-0.4, -0.2) is 47.8 Å². The van der Waals surface area contributed by atoms with Crippen molar-refractivity contribution in [1.29, 1.82) is 0 Å². The molecule has 0 spiro atoms. The van der Waals surface area contributed by atoms with Crippen molar-refractivity contribution in [3.8, 4) is 0 Å². The van der Waals surface area contributed by atoms with Crippen molar-refractivity contribution in [3.63, 3.8) is 0 Å². The van der Waals surface area contributed by atoms with Crippen molar-refractivity contribution in [2.45, 2.75) is 18.4 Å². The first-order valence-corrected chi connectivity index (χ1v) is 8.41. The maximum atomic E-state index is 13.1. The second kappa shape index (κ2) is 7.76. The van der Waals surface area contributed by atoms with Crippen LogP contribution in [0, 0.1) is 5.82 Å². The smallest absolute Gasteiger partial charge is 0.227 e. The van der Waals surface area contributed by atoms with E-state index in [9.17, 15) is 14.3 Å². The molecule has 1 amide bonds. The summed E-state index contributed by atoms with van der Waals surface area (Å²) >= 11 is 0. The van der Waals surface area contributed by atoms with Crippen LogP contribution in [0.5, 0.6) is 0 Å². The average Bonchev–Trinajstić information content (AvgIpc) is 2.65. The molecule has 3 rings (SSSR count). The number of carbonyl (C=O) groups is 1. The molecule has 5 heteroatoms. The number of aliphatic hydroxyl groups excluding tert-OH is 1. The highest BCUT2D eigenvalue weighted by molar-refractivity contribution is 5.79. The Morgan fingerprint density at radius 3 is 2.52 bits per heavy atom. The van der Waals surface area contributed by atoms with Gasteiger partial charge in [-0.2, -0.15) is 0 Å². The summed E-state index contributed by atoms with van der Waals surface area (Å²) in [5.74, 6) is -0.280. The maximum absolute atomic E-state index is 13.1. The van der Waals surface area contributed by atoms with E-state index >= 15 is 0 Å². The summed E-state index contributed by atoms with van der Waals surface area (Å²) in [6.07, 6.45) is 0.762. The number of aliphatic hydroxyl groups is 1. The Balaban J connectivity index is 1.69. The summed E-state index contributed by atoms with van der Waals surface area (Å²) in [5, 5.41) is 9.91. The van der Waals surface area contributed by atoms with Crippen molar-refractivity contribution in [3.05, 3.63) is 71.5 Å². The first kappa shape index (κ1) is 17.6. The fraction of sp³-hybridized carbons (Fsp3) is 0.350. The zero-order valence-electron chi connectivity index (χ0n) is 14.0. The van der Waals surface area contributed by atoms with E-state index < -0.39 is 5.60 Å². The molecule has 4 nitrogen and oxygen atoms in total. The number of halogens is 1. The molecule has 1 aliphatic rings. The Morgan fingerprint density at radius 2 is 1.84 bits per heavy atom. The molecule has 0 unspecified atom stereocenters. The van der Waals surface area contributed by atoms with E-state index in [-0.39, 0.29) is 18.3 Å². The van der Waals surface area contributed by atoms with Crippen molar-refractivity contribution < 1.29 is 19.0 Å². The first-order chi connectivity index (χ1) is 12.1. The molecule has 1 heterocycles. The normalized spacial score (nSPS) is 20.5. The number of benzene rings is 2. The van der Waals surface area contributed by atoms with Crippen LogP contribution in [0.2, 0.25) is 0 Å². The van der Waals surface area contributed by atoms with Crippen molar-refractivity contribution >= 4 is 5.91 Å². The van der Waals surface area contributed by atoms with Gasteiger partial charge in [0.15, 0.2) is 0 Å². The Morgan fingerprint density at radius 1 is 1.12 bits per heavy atom. The molecule has 132 valence electrons. The van der Waals surface area contributed by atoms with Gasteiger partial charge in [-0.3, -0.25) is 4.79 Å². The molecular formula is C20H22FNO3. The zero-order chi connectivity index (χ0) is 17.7. The predicted molar refractivity (Wildman–Crippen MR) is 92.6 cm³/mol. The lowest BCUT2D eigenvalue weighted by molar-refractivity contribution is -0.157. The van der Waals surface area contributed by atoms with Crippen LogP contribution < -0.4 is 0 Å². The van der Waals surface area contributed by atoms with Gasteiger partial charge in [-0.15, -0.1) is 0 Å². The van der Waals surface area contributed by atoms with Gasteiger partial charge in [-0.1, -0.05) is 42.5 Å². The monoisotopic (exact) mass is 343 g/mol. The Bertz CT molecular complexity index is 705. The third-order valence-corrected chi connectivity index (χ3v) is 4.53. The van der Waals surface area contributed by atoms with Gasteiger partial charge >= 0.3 is 0 Å². The van der Waals surface area contributed by atoms with Crippen LogP contribution in [0.4, 0.5) is 4.39 Å². The highest BCUT2D eigenvalue weighted by Crippen LogP contribution is 2.24. The molecule has 0 bridgehead atoms. The molecule has 1 atom stereocenters. The molecule has 25 heavy (non-hydrogen) atoms. The van der Waals surface area contributed by atoms with Gasteiger partial charge in [-0.05, 0) is 23.3 Å². The lowest BCUT2D eigenvalue weighted by Gasteiger charge is -2.42. The van der Waals surface area contributed by atoms with E-state index in [1.54, 1.807) is 17.0 Å². The molecule has 1 fully saturated rings. The van der Waals surface area contributed by atoms with Gasteiger partial charge in [0, 0.05) is 13.0 Å². The van der Waals surface area contributed by atoms with Crippen LogP contribution >= 0.6 is 0 Å². The van der Waals surface area contributed by atoms with E-state index in [1.807, 2.05) is 30.3 Å². The van der Waals surface area contributed by atoms with Gasteiger partial charge in [0.2, 0.25) is 5.91 Å². The number of rotatable bonds is 5. The SMILES string of the molecule is O=C(Cc1ccccc1)N1CCO[C@@](CO)(Cc2ccc(F)cc2)C1. The Labute approximate surface area is 146 Å². The quantitative estimate of drug-likeness (QED) is 0.905. The number of morpholine rings is 1. The molecule has 1 saturated heterocycles. The summed E-state index contributed by atoms with van der Waals surface area (Å²) in [4.78, 5) is 14.4. The number of amides is 1. The minimum Gasteiger partial charge on any atom is -0.393 e. The highest BCUT2D eigenvalue weighted by atomic mass is 19.1. The van der Waals surface area contributed by atoms with E-state index in [0.717, 1.165) is 11.1 Å². The number of carbonyl (C=O) groups excluding carboxylic acids is 1. The summed E-state index contributed by atoms with van der Waals surface area (Å²) in [6, 6.07) is 15.7. The molecule has 2 aromatic rings. The van der Waals surface area contributed by atoms with Crippen molar-refractivity contribution in [1.82, 2.24) is 4.90 Å². The van der Waals surface area contributed by atoms with Crippen LogP contribution in [0.3, 0.4) is 0 Å². The fourth-order valence-electron chi connectivity index (χ4n) is 3.17. The number of ether oxygens (including phenoxy) is 1. The van der Waals surface area contributed by atoms with Crippen LogP contribution in [-0.2, 0) is 22.4 Å². The summed E-state index contributed by atoms with van der Waals surface area (Å²) in [7, 11) is 0. The van der Waals surface area contributed by atoms with Crippen LogP contribution in [0.1, 0.15) is 11.1 Å². The number of hydrogen-bond acceptors (Lipinski definition) is 3. The molecule has 1 N–H and O–H groups in total. The summed E-state index contributed by atoms with van der Waals surface area (Å²) in [6.45, 7) is 1.02. The van der Waals surface area contributed by atoms with Gasteiger partial charge < -0.3 is 14.7 Å². The van der Waals surface area contributed by atoms with Gasteiger partial charge in [0.25, 0.3) is 0 Å². The Hall–Kier alpha value is -2.24. The third kappa shape index (κ3) is 4.44. The second-order valence-corrected chi connectivity index (χ2v) is 6.47. The third-order valence-electron chi connectivity index (χ3n) is 4.53. The second-order valence-electron chi connectivity index (χ2n) is 6.47. The molecular weight excluding hydrogens is 321 g/mol. The molecule has 1 aliphatic heterocycles. The topological polar surface area (TPSA) is 49.8 Å². The largest absolute Gasteiger partial charge is 0.393 e. The average molecular weight is 343 g/mol. The Kier molecular flexibility index (Phi) is 5.46. The van der Waals surface area contributed by atoms with E-state index in [2.05, 4.69) is 0 Å². The first-order valence-electron chi connectivity index (χ1n) is 8.41. The van der Waals surface area contributed by atoms with Crippen LogP contribution in [0.25, 0.3) is 0 Å². The molecule has 0 radical (unpaired) electrons. The highest BCUT2D eigenvalue weighted by Gasteiger charge is 2.38. The minimum atomic E-state index is -0.845. The lowest BCUT2D eigenvalue weighted by atomic mass is 9.93.